The van der Waals surface area contributed by atoms with E-state index in [1.807, 2.05) is 55.5 Å². The molecule has 3 atom stereocenters. The molecule has 0 bridgehead atoms. The highest BCUT2D eigenvalue weighted by atomic mass is 16.5. The fourth-order valence-electron chi connectivity index (χ4n) is 5.22. The van der Waals surface area contributed by atoms with Crippen molar-refractivity contribution < 1.29 is 19.4 Å². The van der Waals surface area contributed by atoms with Gasteiger partial charge in [-0.3, -0.25) is 5.32 Å². The van der Waals surface area contributed by atoms with Crippen LogP contribution in [0, 0.1) is 6.92 Å². The first-order valence-electron chi connectivity index (χ1n) is 12.8. The molecule has 1 fully saturated rings. The Morgan fingerprint density at radius 2 is 1.97 bits per heavy atom. The van der Waals surface area contributed by atoms with Crippen LogP contribution in [-0.2, 0) is 10.2 Å². The number of morpholine rings is 1. The van der Waals surface area contributed by atoms with Gasteiger partial charge >= 0.3 is 6.03 Å². The topological polar surface area (TPSA) is 110 Å². The molecule has 5 rings (SSSR count). The molecule has 1 aliphatic heterocycles. The predicted molar refractivity (Wildman–Crippen MR) is 141 cm³/mol. The molecule has 1 saturated heterocycles. The molecule has 9 nitrogen and oxygen atoms in total. The quantitative estimate of drug-likeness (QED) is 0.409. The number of nitrogens with one attached hydrogen (secondary N) is 3. The van der Waals surface area contributed by atoms with Crippen molar-refractivity contribution in [2.24, 2.45) is 0 Å². The van der Waals surface area contributed by atoms with Crippen LogP contribution in [0.2, 0.25) is 0 Å². The Kier molecular flexibility index (Phi) is 7.19. The number of para-hydroxylation sites is 1. The van der Waals surface area contributed by atoms with E-state index in [1.54, 1.807) is 4.68 Å². The van der Waals surface area contributed by atoms with Crippen molar-refractivity contribution in [3.63, 3.8) is 0 Å². The van der Waals surface area contributed by atoms with Crippen LogP contribution in [0.4, 0.5) is 10.6 Å². The molecule has 3 unspecified atom stereocenters. The number of ether oxygens (including phenoxy) is 2. The van der Waals surface area contributed by atoms with Gasteiger partial charge in [-0.05, 0) is 42.0 Å². The van der Waals surface area contributed by atoms with Crippen LogP contribution < -0.4 is 20.7 Å². The number of hydrogen-bond donors (Lipinski definition) is 4. The summed E-state index contributed by atoms with van der Waals surface area (Å²) < 4.78 is 13.4. The zero-order chi connectivity index (χ0) is 26.0. The molecule has 2 aromatic carbocycles. The van der Waals surface area contributed by atoms with E-state index in [0.717, 1.165) is 23.4 Å². The van der Waals surface area contributed by atoms with Gasteiger partial charge in [0.25, 0.3) is 0 Å². The number of fused-ring (bicyclic) bond motifs is 1. The number of rotatable bonds is 6. The minimum Gasteiger partial charge on any atom is -0.474 e. The maximum atomic E-state index is 13.3. The molecule has 0 radical (unpaired) electrons. The van der Waals surface area contributed by atoms with Crippen molar-refractivity contribution in [3.8, 4) is 11.6 Å². The van der Waals surface area contributed by atoms with Crippen molar-refractivity contribution in [3.05, 3.63) is 71.3 Å². The number of aliphatic hydroxyl groups excluding tert-OH is 1. The highest BCUT2D eigenvalue weighted by molar-refractivity contribution is 5.90. The lowest BCUT2D eigenvalue weighted by Crippen LogP contribution is -2.45. The van der Waals surface area contributed by atoms with Gasteiger partial charge in [0.2, 0.25) is 5.88 Å². The molecule has 196 valence electrons. The van der Waals surface area contributed by atoms with Gasteiger partial charge in [0.1, 0.15) is 18.5 Å². The lowest BCUT2D eigenvalue weighted by Gasteiger charge is -2.40. The standard InChI is InChI=1S/C28H35N5O4/c1-18-25(31-27(35)30-24-21-11-7-8-12-22(21)28(2,3)15-23(24)34)33(19-9-5-4-6-10-19)32-26(18)37-17-20-16-29-13-14-36-20/h4-12,20,23-24,29,34H,13-17H2,1-3H3,(H2,30,31,35). The largest absolute Gasteiger partial charge is 0.474 e. The lowest BCUT2D eigenvalue weighted by molar-refractivity contribution is -0.000938. The summed E-state index contributed by atoms with van der Waals surface area (Å²) in [5, 5.41) is 24.9. The van der Waals surface area contributed by atoms with Crippen molar-refractivity contribution in [1.29, 1.82) is 0 Å². The molecule has 0 spiro atoms. The number of urea groups is 1. The zero-order valence-electron chi connectivity index (χ0n) is 21.5. The maximum Gasteiger partial charge on any atom is 0.320 e. The van der Waals surface area contributed by atoms with E-state index in [0.29, 0.717) is 43.4 Å². The summed E-state index contributed by atoms with van der Waals surface area (Å²) in [7, 11) is 0. The summed E-state index contributed by atoms with van der Waals surface area (Å²) in [4.78, 5) is 13.3. The molecule has 0 saturated carbocycles. The van der Waals surface area contributed by atoms with Crippen LogP contribution in [-0.4, -0.2) is 59.4 Å². The monoisotopic (exact) mass is 505 g/mol. The van der Waals surface area contributed by atoms with Gasteiger partial charge in [-0.15, -0.1) is 5.10 Å². The molecule has 37 heavy (non-hydrogen) atoms. The summed E-state index contributed by atoms with van der Waals surface area (Å²) in [5.41, 5.74) is 3.37. The van der Waals surface area contributed by atoms with E-state index in [9.17, 15) is 9.90 Å². The minimum absolute atomic E-state index is 0.0631. The van der Waals surface area contributed by atoms with Gasteiger partial charge in [-0.1, -0.05) is 56.3 Å². The molecule has 4 N–H and O–H groups in total. The van der Waals surface area contributed by atoms with E-state index >= 15 is 0 Å². The summed E-state index contributed by atoms with van der Waals surface area (Å²) in [6.07, 6.45) is -0.225. The van der Waals surface area contributed by atoms with Gasteiger partial charge in [0.15, 0.2) is 0 Å². The van der Waals surface area contributed by atoms with E-state index in [2.05, 4.69) is 41.0 Å². The van der Waals surface area contributed by atoms with Crippen molar-refractivity contribution in [2.75, 3.05) is 31.6 Å². The summed E-state index contributed by atoms with van der Waals surface area (Å²) in [6.45, 7) is 8.64. The maximum absolute atomic E-state index is 13.3. The summed E-state index contributed by atoms with van der Waals surface area (Å²) in [5.74, 6) is 0.929. The third-order valence-corrected chi connectivity index (χ3v) is 7.14. The normalized spacial score (nSPS) is 22.6. The van der Waals surface area contributed by atoms with Gasteiger partial charge in [0.05, 0.1) is 30.0 Å². The SMILES string of the molecule is Cc1c(OCC2CNCCO2)nn(-c2ccccc2)c1NC(=O)NC1c2ccccc2C(C)(C)CC1O. The minimum atomic E-state index is -0.709. The van der Waals surface area contributed by atoms with Crippen LogP contribution in [0.15, 0.2) is 54.6 Å². The number of benzene rings is 2. The Labute approximate surface area is 217 Å². The fraction of sp³-hybridized carbons (Fsp3) is 0.429. The molecule has 3 aromatic rings. The molecule has 1 aliphatic carbocycles. The van der Waals surface area contributed by atoms with Gasteiger partial charge < -0.3 is 25.2 Å². The smallest absolute Gasteiger partial charge is 0.320 e. The second kappa shape index (κ2) is 10.5. The Morgan fingerprint density at radius 1 is 1.22 bits per heavy atom. The van der Waals surface area contributed by atoms with Crippen molar-refractivity contribution >= 4 is 11.8 Å². The Bertz CT molecular complexity index is 1240. The molecule has 2 amide bonds. The molecular weight excluding hydrogens is 470 g/mol. The average molecular weight is 506 g/mol. The van der Waals surface area contributed by atoms with Crippen LogP contribution in [0.5, 0.6) is 5.88 Å². The first kappa shape index (κ1) is 25.3. The highest BCUT2D eigenvalue weighted by Gasteiger charge is 2.39. The van der Waals surface area contributed by atoms with Gasteiger partial charge in [-0.2, -0.15) is 0 Å². The van der Waals surface area contributed by atoms with Crippen LogP contribution in [0.25, 0.3) is 5.69 Å². The second-order valence-electron chi connectivity index (χ2n) is 10.4. The Hall–Kier alpha value is -3.40. The number of carbonyl (C=O) groups excluding carboxylic acids is 1. The predicted octanol–water partition coefficient (Wildman–Crippen LogP) is 3.45. The fourth-order valence-corrected chi connectivity index (χ4v) is 5.22. The number of aromatic nitrogens is 2. The van der Waals surface area contributed by atoms with Gasteiger partial charge in [-0.25, -0.2) is 9.48 Å². The number of anilines is 1. The van der Waals surface area contributed by atoms with Crippen LogP contribution in [0.1, 0.15) is 43.0 Å². The Morgan fingerprint density at radius 3 is 2.73 bits per heavy atom. The Balaban J connectivity index is 1.38. The number of hydrogen-bond acceptors (Lipinski definition) is 6. The van der Waals surface area contributed by atoms with E-state index in [1.165, 1.54) is 0 Å². The molecule has 1 aromatic heterocycles. The first-order chi connectivity index (χ1) is 17.8. The number of amides is 2. The lowest BCUT2D eigenvalue weighted by atomic mass is 9.70. The first-order valence-corrected chi connectivity index (χ1v) is 12.8. The zero-order valence-corrected chi connectivity index (χ0v) is 21.5. The van der Waals surface area contributed by atoms with E-state index in [4.69, 9.17) is 9.47 Å². The number of nitrogens with zero attached hydrogens (tertiary/aromatic N) is 2. The molecule has 9 heteroatoms. The third-order valence-electron chi connectivity index (χ3n) is 7.14. The van der Waals surface area contributed by atoms with Crippen molar-refractivity contribution in [1.82, 2.24) is 20.4 Å². The molecular formula is C28H35N5O4. The van der Waals surface area contributed by atoms with Gasteiger partial charge in [0, 0.05) is 13.1 Å². The number of carbonyl (C=O) groups is 1. The number of aliphatic hydroxyl groups is 1. The summed E-state index contributed by atoms with van der Waals surface area (Å²) in [6, 6.07) is 16.6. The average Bonchev–Trinajstić information content (AvgIpc) is 3.21. The van der Waals surface area contributed by atoms with Crippen LogP contribution in [0.3, 0.4) is 0 Å². The molecule has 2 aliphatic rings. The summed E-state index contributed by atoms with van der Waals surface area (Å²) >= 11 is 0. The van der Waals surface area contributed by atoms with E-state index < -0.39 is 18.2 Å². The third kappa shape index (κ3) is 5.34. The molecule has 2 heterocycles. The van der Waals surface area contributed by atoms with Crippen LogP contribution >= 0.6 is 0 Å². The second-order valence-corrected chi connectivity index (χ2v) is 10.4. The highest BCUT2D eigenvalue weighted by Crippen LogP contribution is 2.41. The van der Waals surface area contributed by atoms with Crippen molar-refractivity contribution in [2.45, 2.75) is 50.9 Å². The van der Waals surface area contributed by atoms with E-state index in [-0.39, 0.29) is 11.5 Å².